The van der Waals surface area contributed by atoms with Crippen LogP contribution in [-0.2, 0) is 5.88 Å². The van der Waals surface area contributed by atoms with Crippen LogP contribution in [0.5, 0.6) is 5.75 Å². The van der Waals surface area contributed by atoms with Gasteiger partial charge in [0.1, 0.15) is 0 Å². The number of alkyl halides is 1. The van der Waals surface area contributed by atoms with Crippen LogP contribution in [0.25, 0.3) is 0 Å². The zero-order valence-corrected chi connectivity index (χ0v) is 10.7. The van der Waals surface area contributed by atoms with E-state index in [-0.39, 0.29) is 11.9 Å². The molecule has 0 heterocycles. The lowest BCUT2D eigenvalue weighted by atomic mass is 10.1. The highest BCUT2D eigenvalue weighted by molar-refractivity contribution is 6.17. The van der Waals surface area contributed by atoms with E-state index in [0.717, 1.165) is 18.4 Å². The minimum Gasteiger partial charge on any atom is -0.487 e. The van der Waals surface area contributed by atoms with Crippen molar-refractivity contribution in [3.63, 3.8) is 0 Å². The summed E-state index contributed by atoms with van der Waals surface area (Å²) in [5, 5.41) is 0. The maximum Gasteiger partial charge on any atom is 0.165 e. The van der Waals surface area contributed by atoms with E-state index in [2.05, 4.69) is 0 Å². The van der Waals surface area contributed by atoms with Crippen molar-refractivity contribution in [1.29, 1.82) is 0 Å². The van der Waals surface area contributed by atoms with Gasteiger partial charge in [-0.15, -0.1) is 11.6 Å². The summed E-state index contributed by atoms with van der Waals surface area (Å²) in [5.74, 6) is 0.349. The summed E-state index contributed by atoms with van der Waals surface area (Å²) in [6, 6.07) is 4.93. The largest absolute Gasteiger partial charge is 0.487 e. The Morgan fingerprint density at radius 3 is 2.53 bits per heavy atom. The number of para-hydroxylation sites is 1. The van der Waals surface area contributed by atoms with Crippen molar-refractivity contribution in [3.8, 4) is 5.75 Å². The molecule has 1 fully saturated rings. The highest BCUT2D eigenvalue weighted by atomic mass is 35.5. The third-order valence-corrected chi connectivity index (χ3v) is 3.57. The Bertz CT molecular complexity index is 359. The Labute approximate surface area is 107 Å². The monoisotopic (exact) mass is 256 g/mol. The molecule has 1 aromatic carbocycles. The number of rotatable bonds is 3. The molecule has 94 valence electrons. The van der Waals surface area contributed by atoms with Gasteiger partial charge < -0.3 is 4.74 Å². The van der Waals surface area contributed by atoms with Crippen LogP contribution < -0.4 is 4.74 Å². The normalized spacial score (nSPS) is 17.8. The van der Waals surface area contributed by atoms with Crippen LogP contribution in [0.2, 0.25) is 0 Å². The molecular weight excluding hydrogens is 239 g/mol. The van der Waals surface area contributed by atoms with Crippen molar-refractivity contribution in [3.05, 3.63) is 29.6 Å². The average molecular weight is 257 g/mol. The Kier molecular flexibility index (Phi) is 4.66. The predicted octanol–water partition coefficient (Wildman–Crippen LogP) is 4.67. The molecule has 1 aliphatic rings. The first kappa shape index (κ1) is 12.7. The Hall–Kier alpha value is -0.760. The van der Waals surface area contributed by atoms with Crippen LogP contribution in [0.15, 0.2) is 18.2 Å². The van der Waals surface area contributed by atoms with Gasteiger partial charge in [0.25, 0.3) is 0 Å². The van der Waals surface area contributed by atoms with E-state index in [1.54, 1.807) is 6.07 Å². The fourth-order valence-corrected chi connectivity index (χ4v) is 2.53. The van der Waals surface area contributed by atoms with Gasteiger partial charge in [0, 0.05) is 5.56 Å². The Morgan fingerprint density at radius 1 is 1.18 bits per heavy atom. The van der Waals surface area contributed by atoms with Crippen molar-refractivity contribution in [2.75, 3.05) is 0 Å². The third kappa shape index (κ3) is 3.35. The minimum absolute atomic E-state index is 0.149. The smallest absolute Gasteiger partial charge is 0.165 e. The SMILES string of the molecule is Fc1cccc(CCl)c1OC1CCCCCC1. The van der Waals surface area contributed by atoms with Crippen LogP contribution in [0, 0.1) is 5.82 Å². The van der Waals surface area contributed by atoms with E-state index >= 15 is 0 Å². The molecule has 1 aromatic rings. The Balaban J connectivity index is 2.11. The molecule has 0 N–H and O–H groups in total. The van der Waals surface area contributed by atoms with Gasteiger partial charge in [-0.1, -0.05) is 25.0 Å². The number of hydrogen-bond donors (Lipinski definition) is 0. The highest BCUT2D eigenvalue weighted by Crippen LogP contribution is 2.28. The van der Waals surface area contributed by atoms with Crippen molar-refractivity contribution in [2.45, 2.75) is 50.5 Å². The van der Waals surface area contributed by atoms with Crippen LogP contribution >= 0.6 is 11.6 Å². The maximum absolute atomic E-state index is 13.7. The maximum atomic E-state index is 13.7. The quantitative estimate of drug-likeness (QED) is 0.564. The highest BCUT2D eigenvalue weighted by Gasteiger charge is 2.17. The number of ether oxygens (including phenoxy) is 1. The van der Waals surface area contributed by atoms with Crippen molar-refractivity contribution in [1.82, 2.24) is 0 Å². The lowest BCUT2D eigenvalue weighted by Gasteiger charge is -2.19. The van der Waals surface area contributed by atoms with Crippen LogP contribution in [0.1, 0.15) is 44.1 Å². The predicted molar refractivity (Wildman–Crippen MR) is 68.1 cm³/mol. The van der Waals surface area contributed by atoms with E-state index in [9.17, 15) is 4.39 Å². The zero-order valence-electron chi connectivity index (χ0n) is 9.92. The molecule has 1 saturated carbocycles. The Morgan fingerprint density at radius 2 is 1.88 bits per heavy atom. The molecule has 0 saturated heterocycles. The van der Waals surface area contributed by atoms with Gasteiger partial charge in [-0.2, -0.15) is 0 Å². The second-order valence-corrected chi connectivity index (χ2v) is 4.86. The molecule has 0 radical (unpaired) electrons. The van der Waals surface area contributed by atoms with Gasteiger partial charge in [0.2, 0.25) is 0 Å². The third-order valence-electron chi connectivity index (χ3n) is 3.28. The lowest BCUT2D eigenvalue weighted by Crippen LogP contribution is -2.16. The van der Waals surface area contributed by atoms with Gasteiger partial charge in [-0.3, -0.25) is 0 Å². The second kappa shape index (κ2) is 6.25. The van der Waals surface area contributed by atoms with Gasteiger partial charge in [0.05, 0.1) is 12.0 Å². The van der Waals surface area contributed by atoms with Crippen LogP contribution in [0.3, 0.4) is 0 Å². The van der Waals surface area contributed by atoms with E-state index in [4.69, 9.17) is 16.3 Å². The molecule has 0 bridgehead atoms. The molecule has 0 amide bonds. The standard InChI is InChI=1S/C14H18ClFO/c15-10-11-6-5-9-13(16)14(11)17-12-7-3-1-2-4-8-12/h5-6,9,12H,1-4,7-8,10H2. The molecule has 2 rings (SSSR count). The zero-order chi connectivity index (χ0) is 12.1. The van der Waals surface area contributed by atoms with Crippen molar-refractivity contribution >= 4 is 11.6 Å². The summed E-state index contributed by atoms with van der Waals surface area (Å²) >= 11 is 5.81. The summed E-state index contributed by atoms with van der Waals surface area (Å²) in [5.41, 5.74) is 0.746. The first-order chi connectivity index (χ1) is 8.31. The molecule has 0 atom stereocenters. The second-order valence-electron chi connectivity index (χ2n) is 4.59. The molecule has 0 unspecified atom stereocenters. The number of halogens is 2. The van der Waals surface area contributed by atoms with Crippen LogP contribution in [0.4, 0.5) is 4.39 Å². The van der Waals surface area contributed by atoms with Gasteiger partial charge in [-0.25, -0.2) is 4.39 Å². The molecule has 3 heteroatoms. The summed E-state index contributed by atoms with van der Waals surface area (Å²) in [6.07, 6.45) is 7.08. The van der Waals surface area contributed by atoms with Gasteiger partial charge in [0.15, 0.2) is 11.6 Å². The van der Waals surface area contributed by atoms with E-state index in [0.29, 0.717) is 11.6 Å². The molecule has 0 aliphatic heterocycles. The first-order valence-corrected chi connectivity index (χ1v) is 6.84. The summed E-state index contributed by atoms with van der Waals surface area (Å²) in [4.78, 5) is 0. The van der Waals surface area contributed by atoms with E-state index < -0.39 is 0 Å². The van der Waals surface area contributed by atoms with Gasteiger partial charge in [-0.05, 0) is 31.7 Å². The fourth-order valence-electron chi connectivity index (χ4n) is 2.32. The van der Waals surface area contributed by atoms with E-state index in [1.165, 1.54) is 31.7 Å². The minimum atomic E-state index is -0.299. The summed E-state index contributed by atoms with van der Waals surface area (Å²) < 4.78 is 19.5. The fraction of sp³-hybridized carbons (Fsp3) is 0.571. The molecule has 1 nitrogen and oxygen atoms in total. The average Bonchev–Trinajstić information content (AvgIpc) is 2.60. The topological polar surface area (TPSA) is 9.23 Å². The number of benzene rings is 1. The summed E-state index contributed by atoms with van der Waals surface area (Å²) in [7, 11) is 0. The van der Waals surface area contributed by atoms with Gasteiger partial charge >= 0.3 is 0 Å². The molecule has 17 heavy (non-hydrogen) atoms. The van der Waals surface area contributed by atoms with Crippen molar-refractivity contribution in [2.24, 2.45) is 0 Å². The molecule has 1 aliphatic carbocycles. The van der Waals surface area contributed by atoms with E-state index in [1.807, 2.05) is 6.07 Å². The van der Waals surface area contributed by atoms with Crippen LogP contribution in [-0.4, -0.2) is 6.10 Å². The summed E-state index contributed by atoms with van der Waals surface area (Å²) in [6.45, 7) is 0. The molecular formula is C14H18ClFO. The first-order valence-electron chi connectivity index (χ1n) is 6.31. The number of hydrogen-bond acceptors (Lipinski definition) is 1. The lowest BCUT2D eigenvalue weighted by molar-refractivity contribution is 0.174. The molecule has 0 spiro atoms. The van der Waals surface area contributed by atoms with Crippen molar-refractivity contribution < 1.29 is 9.13 Å². The molecule has 0 aromatic heterocycles.